The van der Waals surface area contributed by atoms with E-state index < -0.39 is 0 Å². The van der Waals surface area contributed by atoms with Crippen LogP contribution in [0.2, 0.25) is 5.02 Å². The molecule has 2 saturated heterocycles. The van der Waals surface area contributed by atoms with E-state index in [-0.39, 0.29) is 29.8 Å². The van der Waals surface area contributed by atoms with E-state index in [1.54, 1.807) is 6.07 Å². The highest BCUT2D eigenvalue weighted by atomic mass is 127. The maximum Gasteiger partial charge on any atom is 0.251 e. The Balaban J connectivity index is 1.31. The predicted molar refractivity (Wildman–Crippen MR) is 183 cm³/mol. The molecule has 0 aromatic heterocycles. The van der Waals surface area contributed by atoms with E-state index in [2.05, 4.69) is 91.6 Å². The fraction of sp³-hybridized carbons (Fsp3) is 0.429. The third-order valence-corrected chi connectivity index (χ3v) is 9.93. The van der Waals surface area contributed by atoms with Crippen molar-refractivity contribution in [3.8, 4) is 0 Å². The van der Waals surface area contributed by atoms with Crippen LogP contribution in [0, 0.1) is 0 Å². The summed E-state index contributed by atoms with van der Waals surface area (Å²) in [5.74, 6) is 0.0960. The van der Waals surface area contributed by atoms with Gasteiger partial charge < -0.3 is 20.4 Å². The topological polar surface area (TPSA) is 64.7 Å². The molecular formula is C35H42ClIN4O2. The predicted octanol–water partition coefficient (Wildman–Crippen LogP) is 6.27. The van der Waals surface area contributed by atoms with Crippen LogP contribution in [0.25, 0.3) is 0 Å². The summed E-state index contributed by atoms with van der Waals surface area (Å²) in [6.07, 6.45) is 5.27. The van der Waals surface area contributed by atoms with E-state index in [9.17, 15) is 9.59 Å². The highest BCUT2D eigenvalue weighted by Crippen LogP contribution is 2.27. The fourth-order valence-corrected chi connectivity index (χ4v) is 7.37. The highest BCUT2D eigenvalue weighted by Gasteiger charge is 2.33. The van der Waals surface area contributed by atoms with Gasteiger partial charge in [-0.25, -0.2) is 0 Å². The van der Waals surface area contributed by atoms with Crippen LogP contribution in [0.15, 0.2) is 78.9 Å². The highest BCUT2D eigenvalue weighted by molar-refractivity contribution is 14.1. The lowest BCUT2D eigenvalue weighted by molar-refractivity contribution is -0.133. The summed E-state index contributed by atoms with van der Waals surface area (Å²) >= 11 is 8.65. The van der Waals surface area contributed by atoms with Crippen molar-refractivity contribution in [2.24, 2.45) is 0 Å². The molecule has 3 aromatic rings. The molecule has 0 unspecified atom stereocenters. The van der Waals surface area contributed by atoms with E-state index >= 15 is 0 Å². The van der Waals surface area contributed by atoms with Crippen molar-refractivity contribution in [3.05, 3.63) is 106 Å². The molecule has 2 atom stereocenters. The summed E-state index contributed by atoms with van der Waals surface area (Å²) in [5.41, 5.74) is 3.99. The number of nitrogens with one attached hydrogen (secondary N) is 2. The van der Waals surface area contributed by atoms with E-state index in [0.29, 0.717) is 30.2 Å². The van der Waals surface area contributed by atoms with Crippen LogP contribution in [0.5, 0.6) is 0 Å². The minimum atomic E-state index is -0.295. The third-order valence-electron chi connectivity index (χ3n) is 8.75. The number of carbonyl (C=O) groups excluding carboxylic acids is 2. The van der Waals surface area contributed by atoms with Gasteiger partial charge in [-0.1, -0.05) is 107 Å². The molecule has 2 N–H and O–H groups in total. The molecule has 2 aliphatic rings. The van der Waals surface area contributed by atoms with Crippen LogP contribution in [0.3, 0.4) is 0 Å². The Bertz CT molecular complexity index is 1300. The first-order valence-corrected chi connectivity index (χ1v) is 17.4. The van der Waals surface area contributed by atoms with Crippen molar-refractivity contribution in [1.82, 2.24) is 20.4 Å². The zero-order chi connectivity index (χ0) is 30.0. The third kappa shape index (κ3) is 8.81. The van der Waals surface area contributed by atoms with Crippen molar-refractivity contribution >= 4 is 46.0 Å². The van der Waals surface area contributed by atoms with Gasteiger partial charge in [0.1, 0.15) is 0 Å². The fourth-order valence-electron chi connectivity index (χ4n) is 6.23. The molecule has 0 spiro atoms. The molecule has 228 valence electrons. The second-order valence-electron chi connectivity index (χ2n) is 11.7. The molecule has 0 bridgehead atoms. The Morgan fingerprint density at radius 1 is 0.953 bits per heavy atom. The van der Waals surface area contributed by atoms with Gasteiger partial charge in [-0.3, -0.25) is 9.59 Å². The average Bonchev–Trinajstić information content (AvgIpc) is 3.20. The molecule has 2 aliphatic heterocycles. The Hall–Kier alpha value is -2.46. The SMILES string of the molecule is O=C(NC[C@@H]1CCN(CC(c2ccccc2)c2ccccc2)C(=O)[C@H](CCN2CCCCC2)N1)c1ccc(CI)c(Cl)c1. The largest absolute Gasteiger partial charge is 0.350 e. The molecular weight excluding hydrogens is 671 g/mol. The Kier molecular flexibility index (Phi) is 11.9. The van der Waals surface area contributed by atoms with Gasteiger partial charge in [0.05, 0.1) is 6.04 Å². The number of likely N-dealkylation sites (tertiary alicyclic amines) is 1. The van der Waals surface area contributed by atoms with Gasteiger partial charge >= 0.3 is 0 Å². The number of halogens is 2. The van der Waals surface area contributed by atoms with Gasteiger partial charge in [0, 0.05) is 53.2 Å². The van der Waals surface area contributed by atoms with Gasteiger partial charge in [-0.05, 0) is 67.6 Å². The molecule has 2 amide bonds. The second-order valence-corrected chi connectivity index (χ2v) is 12.9. The first kappa shape index (κ1) is 31.9. The molecule has 0 radical (unpaired) electrons. The monoisotopic (exact) mass is 712 g/mol. The molecule has 5 rings (SSSR count). The van der Waals surface area contributed by atoms with E-state index in [1.807, 2.05) is 24.3 Å². The number of amides is 2. The Morgan fingerprint density at radius 3 is 2.26 bits per heavy atom. The molecule has 0 saturated carbocycles. The molecule has 2 fully saturated rings. The minimum Gasteiger partial charge on any atom is -0.350 e. The van der Waals surface area contributed by atoms with Crippen LogP contribution < -0.4 is 10.6 Å². The summed E-state index contributed by atoms with van der Waals surface area (Å²) in [6.45, 7) is 4.82. The number of hydrogen-bond donors (Lipinski definition) is 2. The normalized spacial score (nSPS) is 19.8. The van der Waals surface area contributed by atoms with Gasteiger partial charge in [0.15, 0.2) is 0 Å². The lowest BCUT2D eigenvalue weighted by atomic mass is 9.90. The summed E-state index contributed by atoms with van der Waals surface area (Å²) in [6, 6.07) is 26.1. The van der Waals surface area contributed by atoms with E-state index in [4.69, 9.17) is 11.6 Å². The first-order valence-electron chi connectivity index (χ1n) is 15.5. The molecule has 2 heterocycles. The smallest absolute Gasteiger partial charge is 0.251 e. The quantitative estimate of drug-likeness (QED) is 0.182. The van der Waals surface area contributed by atoms with Crippen LogP contribution in [0.4, 0.5) is 0 Å². The van der Waals surface area contributed by atoms with Gasteiger partial charge in [-0.2, -0.15) is 0 Å². The molecule has 8 heteroatoms. The average molecular weight is 713 g/mol. The van der Waals surface area contributed by atoms with E-state index in [0.717, 1.165) is 42.5 Å². The van der Waals surface area contributed by atoms with Crippen molar-refractivity contribution < 1.29 is 9.59 Å². The Morgan fingerprint density at radius 2 is 1.63 bits per heavy atom. The number of carbonyl (C=O) groups is 2. The first-order chi connectivity index (χ1) is 21.0. The summed E-state index contributed by atoms with van der Waals surface area (Å²) < 4.78 is 0.795. The zero-order valence-electron chi connectivity index (χ0n) is 24.7. The molecule has 0 aliphatic carbocycles. The molecule has 3 aromatic carbocycles. The Labute approximate surface area is 274 Å². The summed E-state index contributed by atoms with van der Waals surface area (Å²) in [4.78, 5) is 31.8. The number of piperidine rings is 1. The van der Waals surface area contributed by atoms with Crippen LogP contribution in [-0.2, 0) is 9.22 Å². The maximum atomic E-state index is 14.2. The van der Waals surface area contributed by atoms with Crippen LogP contribution in [0.1, 0.15) is 65.1 Å². The van der Waals surface area contributed by atoms with Crippen molar-refractivity contribution in [1.29, 1.82) is 0 Å². The number of rotatable bonds is 11. The standard InChI is InChI=1S/C35H42ClIN4O2/c36-32-22-28(14-15-29(32)23-37)34(42)38-24-30-16-21-41(35(43)33(39-30)17-20-40-18-8-3-9-19-40)25-31(26-10-4-1-5-11-26)27-12-6-2-7-13-27/h1-2,4-7,10-15,22,30-31,33,39H,3,8-9,16-21,23-25H2,(H,38,42)/t30-,33-/m0/s1. The minimum absolute atomic E-state index is 0.0137. The van der Waals surface area contributed by atoms with Crippen LogP contribution >= 0.6 is 34.2 Å². The lowest BCUT2D eigenvalue weighted by Crippen LogP contribution is -2.50. The number of benzene rings is 3. The number of alkyl halides is 1. The molecule has 6 nitrogen and oxygen atoms in total. The van der Waals surface area contributed by atoms with Crippen LogP contribution in [-0.4, -0.2) is 73.0 Å². The second kappa shape index (κ2) is 16.0. The van der Waals surface area contributed by atoms with Crippen molar-refractivity contribution in [2.75, 3.05) is 39.3 Å². The van der Waals surface area contributed by atoms with Gasteiger partial charge in [0.2, 0.25) is 5.91 Å². The maximum absolute atomic E-state index is 14.2. The zero-order valence-corrected chi connectivity index (χ0v) is 27.6. The van der Waals surface area contributed by atoms with E-state index in [1.165, 1.54) is 30.4 Å². The number of hydrogen-bond acceptors (Lipinski definition) is 4. The van der Waals surface area contributed by atoms with Gasteiger partial charge in [-0.15, -0.1) is 0 Å². The number of nitrogens with zero attached hydrogens (tertiary/aromatic N) is 2. The summed E-state index contributed by atoms with van der Waals surface area (Å²) in [7, 11) is 0. The van der Waals surface area contributed by atoms with Gasteiger partial charge in [0.25, 0.3) is 5.91 Å². The summed E-state index contributed by atoms with van der Waals surface area (Å²) in [5, 5.41) is 7.38. The molecule has 43 heavy (non-hydrogen) atoms. The van der Waals surface area contributed by atoms with Crippen molar-refractivity contribution in [3.63, 3.8) is 0 Å². The lowest BCUT2D eigenvalue weighted by Gasteiger charge is -2.31. The van der Waals surface area contributed by atoms with Crippen molar-refractivity contribution in [2.45, 2.75) is 54.5 Å².